The molecule has 0 aliphatic carbocycles. The van der Waals surface area contributed by atoms with Gasteiger partial charge in [-0.25, -0.2) is 4.90 Å². The first-order chi connectivity index (χ1) is 11.6. The highest BCUT2D eigenvalue weighted by Crippen LogP contribution is 2.35. The van der Waals surface area contributed by atoms with Gasteiger partial charge in [-0.05, 0) is 60.5 Å². The van der Waals surface area contributed by atoms with E-state index in [1.165, 1.54) is 10.5 Å². The molecule has 1 fully saturated rings. The summed E-state index contributed by atoms with van der Waals surface area (Å²) in [6.07, 6.45) is 6.98. The molecule has 0 unspecified atom stereocenters. The Kier molecular flexibility index (Phi) is 4.90. The maximum atomic E-state index is 12.6. The summed E-state index contributed by atoms with van der Waals surface area (Å²) < 4.78 is 1.91. The SMILES string of the molecule is CCCCc1ccc(N2C(=O)SC(=Cc3cccn3C)C2=O)cc1. The fraction of sp³-hybridized carbons (Fsp3) is 0.263. The molecule has 4 nitrogen and oxygen atoms in total. The second-order valence-electron chi connectivity index (χ2n) is 5.83. The van der Waals surface area contributed by atoms with Gasteiger partial charge in [-0.2, -0.15) is 0 Å². The molecule has 0 spiro atoms. The summed E-state index contributed by atoms with van der Waals surface area (Å²) in [6.45, 7) is 2.16. The molecule has 1 aliphatic rings. The number of anilines is 1. The summed E-state index contributed by atoms with van der Waals surface area (Å²) >= 11 is 0.987. The highest BCUT2D eigenvalue weighted by atomic mass is 32.2. The number of carbonyl (C=O) groups is 2. The number of amides is 2. The van der Waals surface area contributed by atoms with Crippen molar-refractivity contribution >= 4 is 34.7 Å². The Balaban J connectivity index is 1.82. The van der Waals surface area contributed by atoms with E-state index in [0.29, 0.717) is 10.6 Å². The van der Waals surface area contributed by atoms with E-state index in [-0.39, 0.29) is 11.1 Å². The highest BCUT2D eigenvalue weighted by molar-refractivity contribution is 8.19. The van der Waals surface area contributed by atoms with Crippen molar-refractivity contribution in [1.29, 1.82) is 0 Å². The van der Waals surface area contributed by atoms with Gasteiger partial charge in [0.25, 0.3) is 11.1 Å². The Morgan fingerprint density at radius 1 is 1.12 bits per heavy atom. The van der Waals surface area contributed by atoms with E-state index in [4.69, 9.17) is 0 Å². The quantitative estimate of drug-likeness (QED) is 0.747. The van der Waals surface area contributed by atoms with Crippen LogP contribution in [0.15, 0.2) is 47.5 Å². The van der Waals surface area contributed by atoms with E-state index in [0.717, 1.165) is 36.7 Å². The number of hydrogen-bond donors (Lipinski definition) is 0. The highest BCUT2D eigenvalue weighted by Gasteiger charge is 2.36. The largest absolute Gasteiger partial charge is 0.351 e. The maximum Gasteiger partial charge on any atom is 0.298 e. The third-order valence-corrected chi connectivity index (χ3v) is 4.94. The molecule has 2 heterocycles. The zero-order valence-electron chi connectivity index (χ0n) is 13.9. The fourth-order valence-corrected chi connectivity index (χ4v) is 3.47. The molecule has 3 rings (SSSR count). The van der Waals surface area contributed by atoms with Crippen molar-refractivity contribution in [2.75, 3.05) is 4.90 Å². The fourth-order valence-electron chi connectivity index (χ4n) is 2.64. The second kappa shape index (κ2) is 7.09. The third-order valence-electron chi connectivity index (χ3n) is 4.07. The van der Waals surface area contributed by atoms with Crippen LogP contribution in [-0.2, 0) is 18.3 Å². The molecule has 124 valence electrons. The first-order valence-corrected chi connectivity index (χ1v) is 8.90. The number of imide groups is 1. The smallest absolute Gasteiger partial charge is 0.298 e. The topological polar surface area (TPSA) is 42.3 Å². The molecule has 1 saturated heterocycles. The van der Waals surface area contributed by atoms with Gasteiger partial charge in [0.05, 0.1) is 10.6 Å². The van der Waals surface area contributed by atoms with Crippen LogP contribution in [0.25, 0.3) is 6.08 Å². The second-order valence-corrected chi connectivity index (χ2v) is 6.82. The van der Waals surface area contributed by atoms with E-state index in [9.17, 15) is 9.59 Å². The minimum atomic E-state index is -0.257. The summed E-state index contributed by atoms with van der Waals surface area (Å²) in [4.78, 5) is 26.6. The predicted molar refractivity (Wildman–Crippen MR) is 98.9 cm³/mol. The Bertz CT molecular complexity index is 790. The summed E-state index contributed by atoms with van der Waals surface area (Å²) in [7, 11) is 1.91. The lowest BCUT2D eigenvalue weighted by Gasteiger charge is -2.13. The maximum absolute atomic E-state index is 12.6. The van der Waals surface area contributed by atoms with Crippen molar-refractivity contribution in [2.24, 2.45) is 7.05 Å². The number of nitrogens with zero attached hydrogens (tertiary/aromatic N) is 2. The lowest BCUT2D eigenvalue weighted by atomic mass is 10.1. The van der Waals surface area contributed by atoms with Gasteiger partial charge < -0.3 is 4.57 Å². The molecule has 1 aromatic carbocycles. The first kappa shape index (κ1) is 16.6. The number of rotatable bonds is 5. The normalized spacial score (nSPS) is 16.4. The molecule has 2 amide bonds. The molecule has 5 heteroatoms. The minimum Gasteiger partial charge on any atom is -0.351 e. The molecule has 0 atom stereocenters. The van der Waals surface area contributed by atoms with Crippen LogP contribution in [0, 0.1) is 0 Å². The van der Waals surface area contributed by atoms with Crippen molar-refractivity contribution in [3.05, 3.63) is 58.8 Å². The lowest BCUT2D eigenvalue weighted by Crippen LogP contribution is -2.27. The van der Waals surface area contributed by atoms with Crippen LogP contribution < -0.4 is 4.90 Å². The molecule has 2 aromatic rings. The van der Waals surface area contributed by atoms with E-state index in [1.807, 2.05) is 54.2 Å². The number of unbranched alkanes of at least 4 members (excludes halogenated alkanes) is 1. The summed E-state index contributed by atoms with van der Waals surface area (Å²) in [5.41, 5.74) is 2.76. The van der Waals surface area contributed by atoms with Crippen LogP contribution in [0.2, 0.25) is 0 Å². The number of aromatic nitrogens is 1. The number of carbonyl (C=O) groups excluding carboxylic acids is 2. The molecular weight excluding hydrogens is 320 g/mol. The van der Waals surface area contributed by atoms with Gasteiger partial charge in [0.1, 0.15) is 0 Å². The van der Waals surface area contributed by atoms with E-state index >= 15 is 0 Å². The minimum absolute atomic E-state index is 0.248. The zero-order valence-corrected chi connectivity index (χ0v) is 14.7. The Hall–Kier alpha value is -2.27. The van der Waals surface area contributed by atoms with E-state index in [1.54, 1.807) is 6.08 Å². The standard InChI is InChI=1S/C19H20N2O2S/c1-3-4-6-14-8-10-15(11-9-14)21-18(22)17(24-19(21)23)13-16-7-5-12-20(16)2/h5,7-13H,3-4,6H2,1-2H3. The van der Waals surface area contributed by atoms with Crippen molar-refractivity contribution < 1.29 is 9.59 Å². The van der Waals surface area contributed by atoms with Gasteiger partial charge in [-0.1, -0.05) is 25.5 Å². The van der Waals surface area contributed by atoms with Gasteiger partial charge in [0.2, 0.25) is 0 Å². The molecule has 24 heavy (non-hydrogen) atoms. The van der Waals surface area contributed by atoms with Crippen LogP contribution in [-0.4, -0.2) is 15.7 Å². The number of benzene rings is 1. The third kappa shape index (κ3) is 3.31. The van der Waals surface area contributed by atoms with Crippen LogP contribution in [0.4, 0.5) is 10.5 Å². The summed E-state index contributed by atoms with van der Waals surface area (Å²) in [6, 6.07) is 11.5. The van der Waals surface area contributed by atoms with E-state index in [2.05, 4.69) is 6.92 Å². The molecule has 1 aliphatic heterocycles. The first-order valence-electron chi connectivity index (χ1n) is 8.08. The molecule has 0 N–H and O–H groups in total. The van der Waals surface area contributed by atoms with E-state index < -0.39 is 0 Å². The Labute approximate surface area is 146 Å². The molecule has 0 radical (unpaired) electrons. The van der Waals surface area contributed by atoms with Crippen molar-refractivity contribution in [1.82, 2.24) is 4.57 Å². The van der Waals surface area contributed by atoms with Gasteiger partial charge in [0, 0.05) is 18.9 Å². The molecular formula is C19H20N2O2S. The number of thioether (sulfide) groups is 1. The van der Waals surface area contributed by atoms with Gasteiger partial charge in [-0.15, -0.1) is 0 Å². The average Bonchev–Trinajstić information content (AvgIpc) is 3.10. The zero-order chi connectivity index (χ0) is 17.1. The van der Waals surface area contributed by atoms with Gasteiger partial charge in [-0.3, -0.25) is 9.59 Å². The van der Waals surface area contributed by atoms with Gasteiger partial charge in [0.15, 0.2) is 0 Å². The summed E-state index contributed by atoms with van der Waals surface area (Å²) in [5, 5.41) is -0.248. The summed E-state index contributed by atoms with van der Waals surface area (Å²) in [5.74, 6) is -0.257. The number of aryl methyl sites for hydroxylation is 2. The lowest BCUT2D eigenvalue weighted by molar-refractivity contribution is -0.113. The van der Waals surface area contributed by atoms with Crippen LogP contribution >= 0.6 is 11.8 Å². The molecule has 1 aromatic heterocycles. The number of hydrogen-bond acceptors (Lipinski definition) is 3. The van der Waals surface area contributed by atoms with Crippen LogP contribution in [0.5, 0.6) is 0 Å². The van der Waals surface area contributed by atoms with Crippen LogP contribution in [0.3, 0.4) is 0 Å². The average molecular weight is 340 g/mol. The van der Waals surface area contributed by atoms with Crippen molar-refractivity contribution in [2.45, 2.75) is 26.2 Å². The predicted octanol–water partition coefficient (Wildman–Crippen LogP) is 4.61. The Morgan fingerprint density at radius 3 is 2.50 bits per heavy atom. The monoisotopic (exact) mass is 340 g/mol. The van der Waals surface area contributed by atoms with Gasteiger partial charge >= 0.3 is 0 Å². The van der Waals surface area contributed by atoms with Crippen molar-refractivity contribution in [3.63, 3.8) is 0 Å². The molecule has 0 saturated carbocycles. The Morgan fingerprint density at radius 2 is 1.88 bits per heavy atom. The van der Waals surface area contributed by atoms with Crippen molar-refractivity contribution in [3.8, 4) is 0 Å². The molecule has 0 bridgehead atoms. The van der Waals surface area contributed by atoms with Crippen LogP contribution in [0.1, 0.15) is 31.0 Å².